The Hall–Kier alpha value is -2.88. The number of rotatable bonds is 6. The molecule has 0 spiro atoms. The fourth-order valence-corrected chi connectivity index (χ4v) is 2.00. The molecule has 2 aromatic carbocycles. The van der Waals surface area contributed by atoms with Gasteiger partial charge in [-0.2, -0.15) is 0 Å². The van der Waals surface area contributed by atoms with Gasteiger partial charge in [0, 0.05) is 11.1 Å². The lowest BCUT2D eigenvalue weighted by Crippen LogP contribution is -2.12. The van der Waals surface area contributed by atoms with Crippen LogP contribution in [-0.2, 0) is 4.79 Å². The first kappa shape index (κ1) is 16.5. The van der Waals surface area contributed by atoms with E-state index in [4.69, 9.17) is 9.47 Å². The maximum Gasteiger partial charge on any atom is 0.338 e. The lowest BCUT2D eigenvalue weighted by Gasteiger charge is -2.14. The Balaban J connectivity index is 2.45. The highest BCUT2D eigenvalue weighted by Gasteiger charge is 2.20. The van der Waals surface area contributed by atoms with E-state index in [1.165, 1.54) is 0 Å². The van der Waals surface area contributed by atoms with Crippen LogP contribution in [0.3, 0.4) is 0 Å². The van der Waals surface area contributed by atoms with E-state index in [1.54, 1.807) is 56.3 Å². The molecule has 0 fully saturated rings. The average Bonchev–Trinajstić information content (AvgIpc) is 2.56. The van der Waals surface area contributed by atoms with E-state index in [-0.39, 0.29) is 22.9 Å². The highest BCUT2D eigenvalue weighted by molar-refractivity contribution is 6.11. The predicted molar refractivity (Wildman–Crippen MR) is 87.9 cm³/mol. The van der Waals surface area contributed by atoms with Crippen molar-refractivity contribution >= 4 is 11.8 Å². The number of para-hydroxylation sites is 1. The molecule has 4 nitrogen and oxygen atoms in total. The summed E-state index contributed by atoms with van der Waals surface area (Å²) in [5.41, 5.74) is 1.16. The number of ketones is 1. The van der Waals surface area contributed by atoms with Crippen LogP contribution >= 0.6 is 0 Å². The Kier molecular flexibility index (Phi) is 5.31. The Morgan fingerprint density at radius 1 is 1.04 bits per heavy atom. The third kappa shape index (κ3) is 3.86. The smallest absolute Gasteiger partial charge is 0.338 e. The van der Waals surface area contributed by atoms with Gasteiger partial charge in [0.1, 0.15) is 0 Å². The van der Waals surface area contributed by atoms with Gasteiger partial charge in [-0.3, -0.25) is 4.79 Å². The number of hydrogen-bond acceptors (Lipinski definition) is 4. The fraction of sp³-hybridized carbons (Fsp3) is 0.158. The zero-order valence-electron chi connectivity index (χ0n) is 13.2. The standard InChI is InChI=1S/C19H18O4/c1-4-22-18-15(17(20)14-9-6-5-7-10-14)11-8-12-16(18)23-19(21)13(2)3/h5-12H,2,4H2,1,3H3. The maximum absolute atomic E-state index is 12.7. The molecule has 0 atom stereocenters. The molecule has 23 heavy (non-hydrogen) atoms. The Bertz CT molecular complexity index is 732. The first-order valence-corrected chi connectivity index (χ1v) is 7.27. The lowest BCUT2D eigenvalue weighted by molar-refractivity contribution is -0.130. The number of ether oxygens (including phenoxy) is 2. The van der Waals surface area contributed by atoms with E-state index < -0.39 is 5.97 Å². The normalized spacial score (nSPS) is 10.0. The second kappa shape index (κ2) is 7.40. The van der Waals surface area contributed by atoms with Crippen molar-refractivity contribution in [1.29, 1.82) is 0 Å². The highest BCUT2D eigenvalue weighted by atomic mass is 16.6. The zero-order chi connectivity index (χ0) is 16.8. The van der Waals surface area contributed by atoms with E-state index in [9.17, 15) is 9.59 Å². The molecule has 0 saturated heterocycles. The molecule has 0 aromatic heterocycles. The molecule has 2 aromatic rings. The van der Waals surface area contributed by atoms with Crippen LogP contribution in [-0.4, -0.2) is 18.4 Å². The minimum atomic E-state index is -0.560. The molecule has 0 amide bonds. The van der Waals surface area contributed by atoms with Gasteiger partial charge >= 0.3 is 5.97 Å². The molecule has 0 aliphatic rings. The van der Waals surface area contributed by atoms with Crippen LogP contribution in [0.2, 0.25) is 0 Å². The lowest BCUT2D eigenvalue weighted by atomic mass is 10.0. The van der Waals surface area contributed by atoms with E-state index in [0.29, 0.717) is 17.7 Å². The number of hydrogen-bond donors (Lipinski definition) is 0. The molecule has 0 heterocycles. The van der Waals surface area contributed by atoms with Crippen LogP contribution in [0.4, 0.5) is 0 Å². The van der Waals surface area contributed by atoms with Gasteiger partial charge in [0.2, 0.25) is 0 Å². The molecule has 0 radical (unpaired) electrons. The number of carbonyl (C=O) groups is 2. The topological polar surface area (TPSA) is 52.6 Å². The van der Waals surface area contributed by atoms with Crippen molar-refractivity contribution in [3.63, 3.8) is 0 Å². The molecule has 2 rings (SSSR count). The van der Waals surface area contributed by atoms with Crippen molar-refractivity contribution in [2.75, 3.05) is 6.61 Å². The molecule has 0 N–H and O–H groups in total. The van der Waals surface area contributed by atoms with E-state index in [1.807, 2.05) is 6.07 Å². The van der Waals surface area contributed by atoms with Crippen LogP contribution < -0.4 is 9.47 Å². The van der Waals surface area contributed by atoms with Crippen molar-refractivity contribution in [3.05, 3.63) is 71.8 Å². The van der Waals surface area contributed by atoms with Crippen molar-refractivity contribution in [1.82, 2.24) is 0 Å². The molecule has 4 heteroatoms. The van der Waals surface area contributed by atoms with Crippen LogP contribution in [0.15, 0.2) is 60.7 Å². The van der Waals surface area contributed by atoms with Gasteiger partial charge in [-0.05, 0) is 26.0 Å². The van der Waals surface area contributed by atoms with Crippen molar-refractivity contribution < 1.29 is 19.1 Å². The van der Waals surface area contributed by atoms with Crippen LogP contribution in [0, 0.1) is 0 Å². The zero-order valence-corrected chi connectivity index (χ0v) is 13.2. The second-order valence-corrected chi connectivity index (χ2v) is 4.93. The summed E-state index contributed by atoms with van der Waals surface area (Å²) in [4.78, 5) is 24.4. The summed E-state index contributed by atoms with van der Waals surface area (Å²) in [5.74, 6) is -0.280. The van der Waals surface area contributed by atoms with Gasteiger partial charge in [0.25, 0.3) is 0 Å². The van der Waals surface area contributed by atoms with Crippen LogP contribution in [0.5, 0.6) is 11.5 Å². The predicted octanol–water partition coefficient (Wildman–Crippen LogP) is 3.80. The Morgan fingerprint density at radius 2 is 1.74 bits per heavy atom. The highest BCUT2D eigenvalue weighted by Crippen LogP contribution is 2.33. The SMILES string of the molecule is C=C(C)C(=O)Oc1cccc(C(=O)c2ccccc2)c1OCC. The quantitative estimate of drug-likeness (QED) is 0.352. The molecule has 0 aliphatic carbocycles. The largest absolute Gasteiger partial charge is 0.489 e. The van der Waals surface area contributed by atoms with E-state index in [2.05, 4.69) is 6.58 Å². The summed E-state index contributed by atoms with van der Waals surface area (Å²) in [6.45, 7) is 7.25. The molecular weight excluding hydrogens is 292 g/mol. The third-order valence-corrected chi connectivity index (χ3v) is 3.10. The van der Waals surface area contributed by atoms with E-state index >= 15 is 0 Å². The molecule has 0 saturated carbocycles. The van der Waals surface area contributed by atoms with Crippen LogP contribution in [0.1, 0.15) is 29.8 Å². The van der Waals surface area contributed by atoms with Gasteiger partial charge < -0.3 is 9.47 Å². The Labute approximate surface area is 135 Å². The summed E-state index contributed by atoms with van der Waals surface area (Å²) in [6, 6.07) is 13.8. The average molecular weight is 310 g/mol. The fourth-order valence-electron chi connectivity index (χ4n) is 2.00. The number of esters is 1. The summed E-state index contributed by atoms with van der Waals surface area (Å²) in [6.07, 6.45) is 0. The first-order valence-electron chi connectivity index (χ1n) is 7.27. The molecule has 118 valence electrons. The number of carbonyl (C=O) groups excluding carboxylic acids is 2. The number of benzene rings is 2. The summed E-state index contributed by atoms with van der Waals surface area (Å²) in [7, 11) is 0. The maximum atomic E-state index is 12.7. The van der Waals surface area contributed by atoms with Gasteiger partial charge in [-0.15, -0.1) is 0 Å². The Morgan fingerprint density at radius 3 is 2.35 bits per heavy atom. The molecule has 0 unspecified atom stereocenters. The summed E-state index contributed by atoms with van der Waals surface area (Å²) < 4.78 is 10.8. The van der Waals surface area contributed by atoms with Crippen molar-refractivity contribution in [2.45, 2.75) is 13.8 Å². The third-order valence-electron chi connectivity index (χ3n) is 3.10. The minimum absolute atomic E-state index is 0.192. The van der Waals surface area contributed by atoms with Crippen LogP contribution in [0.25, 0.3) is 0 Å². The minimum Gasteiger partial charge on any atom is -0.489 e. The summed E-state index contributed by atoms with van der Waals surface area (Å²) in [5, 5.41) is 0. The monoisotopic (exact) mass is 310 g/mol. The van der Waals surface area contributed by atoms with Gasteiger partial charge in [0.15, 0.2) is 17.3 Å². The van der Waals surface area contributed by atoms with Gasteiger partial charge in [-0.1, -0.05) is 43.0 Å². The van der Waals surface area contributed by atoms with Crippen molar-refractivity contribution in [2.24, 2.45) is 0 Å². The van der Waals surface area contributed by atoms with E-state index in [0.717, 1.165) is 0 Å². The molecule has 0 aliphatic heterocycles. The molecular formula is C19H18O4. The van der Waals surface area contributed by atoms with Gasteiger partial charge in [0.05, 0.1) is 12.2 Å². The first-order chi connectivity index (χ1) is 11.0. The summed E-state index contributed by atoms with van der Waals surface area (Å²) >= 11 is 0. The second-order valence-electron chi connectivity index (χ2n) is 4.93. The molecule has 0 bridgehead atoms. The van der Waals surface area contributed by atoms with Gasteiger partial charge in [-0.25, -0.2) is 4.79 Å². The van der Waals surface area contributed by atoms with Crippen molar-refractivity contribution in [3.8, 4) is 11.5 Å².